The summed E-state index contributed by atoms with van der Waals surface area (Å²) >= 11 is 18.7. The van der Waals surface area contributed by atoms with E-state index in [1.165, 1.54) is 19.3 Å². The van der Waals surface area contributed by atoms with Gasteiger partial charge in [-0.25, -0.2) is 10.1 Å². The second kappa shape index (κ2) is 10.4. The highest BCUT2D eigenvalue weighted by molar-refractivity contribution is 6.35. The first kappa shape index (κ1) is 26.6. The first-order chi connectivity index (χ1) is 18.7. The fourth-order valence-corrected chi connectivity index (χ4v) is 7.97. The van der Waals surface area contributed by atoms with Gasteiger partial charge in [0.05, 0.1) is 22.9 Å². The molecule has 10 heteroatoms. The van der Waals surface area contributed by atoms with Crippen LogP contribution >= 0.6 is 34.8 Å². The lowest BCUT2D eigenvalue weighted by Gasteiger charge is -2.56. The molecule has 1 aromatic heterocycles. The number of hydrazine groups is 1. The number of aromatic nitrogens is 2. The summed E-state index contributed by atoms with van der Waals surface area (Å²) in [7, 11) is 0. The van der Waals surface area contributed by atoms with E-state index in [-0.39, 0.29) is 23.7 Å². The summed E-state index contributed by atoms with van der Waals surface area (Å²) in [5.74, 6) is 1.67. The number of hydrogen-bond acceptors (Lipinski definition) is 4. The summed E-state index contributed by atoms with van der Waals surface area (Å²) in [6, 6.07) is 12.4. The molecule has 204 valence electrons. The molecule has 0 radical (unpaired) electrons. The quantitative estimate of drug-likeness (QED) is 0.291. The van der Waals surface area contributed by atoms with Gasteiger partial charge in [-0.2, -0.15) is 5.10 Å². The maximum atomic E-state index is 13.2. The molecule has 4 bridgehead atoms. The van der Waals surface area contributed by atoms with Crippen molar-refractivity contribution in [2.75, 3.05) is 6.54 Å². The number of nitrogens with one attached hydrogen (secondary N) is 3. The molecule has 7 rings (SSSR count). The van der Waals surface area contributed by atoms with E-state index < -0.39 is 5.91 Å². The van der Waals surface area contributed by atoms with Gasteiger partial charge in [-0.3, -0.25) is 15.0 Å². The molecule has 0 atom stereocenters. The number of carbonyl (C=O) groups excluding carboxylic acids is 2. The molecule has 7 nitrogen and oxygen atoms in total. The topological polar surface area (TPSA) is 88.1 Å². The SMILES string of the molecule is Cc1c(C(=O)NNCC(=O)NC23CC4CC(CC(C4)C2)C3)nn(-c2ccc(Cl)cc2Cl)c1-c1ccc(Cl)cc1. The van der Waals surface area contributed by atoms with Gasteiger partial charge in [0.1, 0.15) is 0 Å². The molecule has 0 spiro atoms. The molecule has 0 aliphatic heterocycles. The Bertz CT molecular complexity index is 1400. The van der Waals surface area contributed by atoms with E-state index in [0.717, 1.165) is 42.6 Å². The molecular formula is C29H30Cl3N5O2. The molecular weight excluding hydrogens is 557 g/mol. The Morgan fingerprint density at radius 2 is 1.56 bits per heavy atom. The van der Waals surface area contributed by atoms with Crippen LogP contribution in [0.2, 0.25) is 15.1 Å². The van der Waals surface area contributed by atoms with Crippen molar-refractivity contribution in [2.45, 2.75) is 51.0 Å². The molecule has 4 aliphatic rings. The van der Waals surface area contributed by atoms with E-state index in [1.54, 1.807) is 35.0 Å². The van der Waals surface area contributed by atoms with Crippen molar-refractivity contribution in [3.05, 3.63) is 68.8 Å². The Morgan fingerprint density at radius 1 is 0.949 bits per heavy atom. The highest BCUT2D eigenvalue weighted by atomic mass is 35.5. The van der Waals surface area contributed by atoms with Crippen molar-refractivity contribution in [2.24, 2.45) is 17.8 Å². The van der Waals surface area contributed by atoms with Gasteiger partial charge < -0.3 is 5.32 Å². The van der Waals surface area contributed by atoms with Crippen LogP contribution in [0.5, 0.6) is 0 Å². The fourth-order valence-electron chi connectivity index (χ4n) is 7.35. The largest absolute Gasteiger partial charge is 0.349 e. The average molecular weight is 587 g/mol. The Balaban J connectivity index is 1.18. The lowest BCUT2D eigenvalue weighted by molar-refractivity contribution is -0.126. The van der Waals surface area contributed by atoms with E-state index in [9.17, 15) is 9.59 Å². The summed E-state index contributed by atoms with van der Waals surface area (Å²) in [4.78, 5) is 26.1. The van der Waals surface area contributed by atoms with Gasteiger partial charge in [0, 0.05) is 26.7 Å². The molecule has 3 aromatic rings. The molecule has 3 N–H and O–H groups in total. The van der Waals surface area contributed by atoms with Crippen molar-refractivity contribution in [1.82, 2.24) is 25.9 Å². The van der Waals surface area contributed by atoms with Gasteiger partial charge in [0.2, 0.25) is 5.91 Å². The standard InChI is InChI=1S/C29H30Cl3N5O2/c1-16-26(28(39)35-33-15-25(38)34-29-12-17-8-18(13-29)10-19(9-17)14-29)36-37(24-7-6-22(31)11-23(24)32)27(16)20-2-4-21(30)5-3-20/h2-7,11,17-19,33H,8-10,12-15H2,1H3,(H,34,38)(H,35,39). The van der Waals surface area contributed by atoms with Crippen molar-refractivity contribution >= 4 is 46.6 Å². The molecule has 4 aliphatic carbocycles. The molecule has 0 saturated heterocycles. The average Bonchev–Trinajstić information content (AvgIpc) is 3.20. The number of benzene rings is 2. The van der Waals surface area contributed by atoms with Crippen molar-refractivity contribution in [1.29, 1.82) is 0 Å². The molecule has 2 amide bonds. The third kappa shape index (κ3) is 5.30. The van der Waals surface area contributed by atoms with Crippen LogP contribution in [0.1, 0.15) is 54.6 Å². The summed E-state index contributed by atoms with van der Waals surface area (Å²) in [5.41, 5.74) is 8.34. The van der Waals surface area contributed by atoms with Gasteiger partial charge >= 0.3 is 0 Å². The third-order valence-electron chi connectivity index (χ3n) is 8.49. The third-order valence-corrected chi connectivity index (χ3v) is 9.28. The van der Waals surface area contributed by atoms with Gasteiger partial charge in [-0.05, 0) is 93.5 Å². The van der Waals surface area contributed by atoms with Crippen LogP contribution in [0, 0.1) is 24.7 Å². The Labute approximate surface area is 242 Å². The fraction of sp³-hybridized carbons (Fsp3) is 0.414. The predicted octanol–water partition coefficient (Wildman–Crippen LogP) is 6.13. The first-order valence-corrected chi connectivity index (χ1v) is 14.5. The van der Waals surface area contributed by atoms with Gasteiger partial charge in [0.25, 0.3) is 5.91 Å². The van der Waals surface area contributed by atoms with E-state index in [1.807, 2.05) is 19.1 Å². The number of rotatable bonds is 7. The zero-order valence-corrected chi connectivity index (χ0v) is 23.8. The highest BCUT2D eigenvalue weighted by Crippen LogP contribution is 2.55. The second-order valence-electron chi connectivity index (χ2n) is 11.4. The zero-order valence-electron chi connectivity index (χ0n) is 21.6. The Hall–Kier alpha value is -2.58. The van der Waals surface area contributed by atoms with Gasteiger partial charge in [-0.1, -0.05) is 46.9 Å². The van der Waals surface area contributed by atoms with Crippen molar-refractivity contribution < 1.29 is 9.59 Å². The van der Waals surface area contributed by atoms with E-state index in [0.29, 0.717) is 32.0 Å². The highest BCUT2D eigenvalue weighted by Gasteiger charge is 2.51. The number of amides is 2. The van der Waals surface area contributed by atoms with Gasteiger partial charge in [0.15, 0.2) is 5.69 Å². The van der Waals surface area contributed by atoms with Crippen LogP contribution in [-0.4, -0.2) is 33.7 Å². The van der Waals surface area contributed by atoms with Gasteiger partial charge in [-0.15, -0.1) is 0 Å². The molecule has 1 heterocycles. The number of carbonyl (C=O) groups is 2. The maximum absolute atomic E-state index is 13.2. The second-order valence-corrected chi connectivity index (χ2v) is 12.7. The Morgan fingerprint density at radius 3 is 2.18 bits per heavy atom. The van der Waals surface area contributed by atoms with Crippen LogP contribution in [0.4, 0.5) is 0 Å². The number of nitrogens with zero attached hydrogens (tertiary/aromatic N) is 2. The minimum atomic E-state index is -0.450. The van der Waals surface area contributed by atoms with E-state index in [4.69, 9.17) is 34.8 Å². The number of halogens is 3. The monoisotopic (exact) mass is 585 g/mol. The summed E-state index contributed by atoms with van der Waals surface area (Å²) in [6.07, 6.45) is 7.18. The molecule has 0 unspecified atom stereocenters. The minimum absolute atomic E-state index is 0.0136. The van der Waals surface area contributed by atoms with Crippen LogP contribution in [0.3, 0.4) is 0 Å². The zero-order chi connectivity index (χ0) is 27.3. The molecule has 2 aromatic carbocycles. The maximum Gasteiger partial charge on any atom is 0.286 e. The number of hydrogen-bond donors (Lipinski definition) is 3. The summed E-state index contributed by atoms with van der Waals surface area (Å²) in [6.45, 7) is 1.81. The molecule has 4 saturated carbocycles. The summed E-state index contributed by atoms with van der Waals surface area (Å²) < 4.78 is 1.63. The van der Waals surface area contributed by atoms with Crippen LogP contribution in [-0.2, 0) is 4.79 Å². The summed E-state index contributed by atoms with van der Waals surface area (Å²) in [5, 5.41) is 9.42. The van der Waals surface area contributed by atoms with Crippen LogP contribution < -0.4 is 16.2 Å². The van der Waals surface area contributed by atoms with Crippen LogP contribution in [0.15, 0.2) is 42.5 Å². The van der Waals surface area contributed by atoms with Crippen molar-refractivity contribution in [3.8, 4) is 16.9 Å². The predicted molar refractivity (Wildman–Crippen MR) is 153 cm³/mol. The Kier molecular flexibility index (Phi) is 7.12. The lowest BCUT2D eigenvalue weighted by Crippen LogP contribution is -2.61. The lowest BCUT2D eigenvalue weighted by atomic mass is 9.53. The van der Waals surface area contributed by atoms with Crippen molar-refractivity contribution in [3.63, 3.8) is 0 Å². The van der Waals surface area contributed by atoms with E-state index in [2.05, 4.69) is 21.3 Å². The minimum Gasteiger partial charge on any atom is -0.349 e. The van der Waals surface area contributed by atoms with Crippen LogP contribution in [0.25, 0.3) is 16.9 Å². The molecule has 39 heavy (non-hydrogen) atoms. The first-order valence-electron chi connectivity index (χ1n) is 13.3. The molecule has 4 fully saturated rings. The smallest absolute Gasteiger partial charge is 0.286 e. The van der Waals surface area contributed by atoms with E-state index >= 15 is 0 Å². The normalized spacial score (nSPS) is 25.1.